The van der Waals surface area contributed by atoms with Gasteiger partial charge in [0.2, 0.25) is 11.7 Å². The second-order valence-electron chi connectivity index (χ2n) is 3.75. The number of halogens is 1. The molecule has 0 saturated carbocycles. The van der Waals surface area contributed by atoms with E-state index in [2.05, 4.69) is 15.5 Å². The zero-order chi connectivity index (χ0) is 12.3. The molecule has 0 aliphatic rings. The molecule has 4 nitrogen and oxygen atoms in total. The number of aromatic nitrogens is 2. The Labute approximate surface area is 105 Å². The van der Waals surface area contributed by atoms with Gasteiger partial charge in [-0.3, -0.25) is 0 Å². The Hall–Kier alpha value is -1.39. The summed E-state index contributed by atoms with van der Waals surface area (Å²) in [7, 11) is 0. The number of nitrogens with one attached hydrogen (secondary N) is 1. The van der Waals surface area contributed by atoms with Crippen LogP contribution in [0, 0.1) is 0 Å². The Morgan fingerprint density at radius 1 is 1.47 bits per heavy atom. The monoisotopic (exact) mass is 251 g/mol. The van der Waals surface area contributed by atoms with Crippen LogP contribution in [-0.2, 0) is 0 Å². The summed E-state index contributed by atoms with van der Waals surface area (Å²) in [6, 6.07) is 7.45. The van der Waals surface area contributed by atoms with Crippen molar-refractivity contribution in [2.45, 2.75) is 19.9 Å². The number of rotatable bonds is 4. The van der Waals surface area contributed by atoms with Crippen LogP contribution >= 0.6 is 11.6 Å². The maximum atomic E-state index is 5.92. The van der Waals surface area contributed by atoms with Gasteiger partial charge in [-0.2, -0.15) is 4.98 Å². The second kappa shape index (κ2) is 5.29. The van der Waals surface area contributed by atoms with E-state index in [0.717, 1.165) is 12.1 Å². The van der Waals surface area contributed by atoms with Crippen molar-refractivity contribution in [3.8, 4) is 11.4 Å². The van der Waals surface area contributed by atoms with Crippen molar-refractivity contribution < 1.29 is 4.52 Å². The van der Waals surface area contributed by atoms with Crippen LogP contribution in [-0.4, -0.2) is 16.7 Å². The summed E-state index contributed by atoms with van der Waals surface area (Å²) in [6.45, 7) is 4.87. The van der Waals surface area contributed by atoms with Gasteiger partial charge in [-0.05, 0) is 25.6 Å². The molecule has 0 spiro atoms. The molecule has 1 unspecified atom stereocenters. The highest BCUT2D eigenvalue weighted by Crippen LogP contribution is 2.21. The third-order valence-electron chi connectivity index (χ3n) is 2.41. The van der Waals surface area contributed by atoms with Gasteiger partial charge < -0.3 is 9.84 Å². The van der Waals surface area contributed by atoms with Gasteiger partial charge in [0.15, 0.2) is 0 Å². The lowest BCUT2D eigenvalue weighted by atomic mass is 10.2. The zero-order valence-electron chi connectivity index (χ0n) is 9.77. The Bertz CT molecular complexity index is 498. The minimum atomic E-state index is 0.0560. The molecule has 0 aliphatic heterocycles. The largest absolute Gasteiger partial charge is 0.337 e. The first-order chi connectivity index (χ1) is 8.20. The molecule has 0 amide bonds. The van der Waals surface area contributed by atoms with Gasteiger partial charge in [0.1, 0.15) is 0 Å². The van der Waals surface area contributed by atoms with E-state index >= 15 is 0 Å². The van der Waals surface area contributed by atoms with Gasteiger partial charge in [0.05, 0.1) is 6.04 Å². The van der Waals surface area contributed by atoms with Crippen LogP contribution in [0.25, 0.3) is 11.4 Å². The molecule has 0 fully saturated rings. The van der Waals surface area contributed by atoms with E-state index in [0.29, 0.717) is 16.7 Å². The fourth-order valence-corrected chi connectivity index (χ4v) is 1.74. The van der Waals surface area contributed by atoms with E-state index < -0.39 is 0 Å². The first-order valence-corrected chi connectivity index (χ1v) is 5.91. The average molecular weight is 252 g/mol. The highest BCUT2D eigenvalue weighted by Gasteiger charge is 2.14. The summed E-state index contributed by atoms with van der Waals surface area (Å²) in [4.78, 5) is 4.34. The Kier molecular flexibility index (Phi) is 3.76. The molecule has 1 aromatic carbocycles. The van der Waals surface area contributed by atoms with Crippen LogP contribution in [0.2, 0.25) is 5.02 Å². The topological polar surface area (TPSA) is 51.0 Å². The van der Waals surface area contributed by atoms with Crippen LogP contribution in [0.3, 0.4) is 0 Å². The van der Waals surface area contributed by atoms with Gasteiger partial charge in [0.25, 0.3) is 0 Å². The first-order valence-electron chi connectivity index (χ1n) is 5.53. The second-order valence-corrected chi connectivity index (χ2v) is 4.18. The van der Waals surface area contributed by atoms with Crippen molar-refractivity contribution in [2.75, 3.05) is 6.54 Å². The van der Waals surface area contributed by atoms with E-state index in [1.165, 1.54) is 0 Å². The van der Waals surface area contributed by atoms with Crippen LogP contribution < -0.4 is 5.32 Å². The van der Waals surface area contributed by atoms with Crippen molar-refractivity contribution in [3.63, 3.8) is 0 Å². The Morgan fingerprint density at radius 2 is 2.29 bits per heavy atom. The van der Waals surface area contributed by atoms with Crippen LogP contribution in [0.4, 0.5) is 0 Å². The van der Waals surface area contributed by atoms with E-state index in [1.54, 1.807) is 0 Å². The van der Waals surface area contributed by atoms with Crippen molar-refractivity contribution in [3.05, 3.63) is 35.2 Å². The van der Waals surface area contributed by atoms with Gasteiger partial charge in [-0.25, -0.2) is 0 Å². The molecule has 90 valence electrons. The molecule has 2 aromatic rings. The van der Waals surface area contributed by atoms with E-state index in [1.807, 2.05) is 38.1 Å². The Morgan fingerprint density at radius 3 is 3.00 bits per heavy atom. The van der Waals surface area contributed by atoms with Gasteiger partial charge in [-0.15, -0.1) is 0 Å². The normalized spacial score (nSPS) is 12.6. The molecular weight excluding hydrogens is 238 g/mol. The first kappa shape index (κ1) is 12.1. The minimum absolute atomic E-state index is 0.0560. The molecule has 0 bridgehead atoms. The summed E-state index contributed by atoms with van der Waals surface area (Å²) in [6.07, 6.45) is 0. The molecule has 1 heterocycles. The lowest BCUT2D eigenvalue weighted by Gasteiger charge is -2.05. The molecule has 5 heteroatoms. The lowest BCUT2D eigenvalue weighted by Crippen LogP contribution is -2.17. The summed E-state index contributed by atoms with van der Waals surface area (Å²) in [5.41, 5.74) is 0.858. The molecule has 0 radical (unpaired) electrons. The average Bonchev–Trinajstić information content (AvgIpc) is 2.78. The SMILES string of the molecule is CCNC(C)c1nc(-c2cccc(Cl)c2)no1. The number of nitrogens with zero attached hydrogens (tertiary/aromatic N) is 2. The van der Waals surface area contributed by atoms with Gasteiger partial charge in [0, 0.05) is 10.6 Å². The highest BCUT2D eigenvalue weighted by atomic mass is 35.5. The zero-order valence-corrected chi connectivity index (χ0v) is 10.5. The predicted molar refractivity (Wildman–Crippen MR) is 66.8 cm³/mol. The lowest BCUT2D eigenvalue weighted by molar-refractivity contribution is 0.342. The van der Waals surface area contributed by atoms with Crippen LogP contribution in [0.15, 0.2) is 28.8 Å². The molecule has 0 saturated heterocycles. The van der Waals surface area contributed by atoms with Crippen molar-refractivity contribution in [2.24, 2.45) is 0 Å². The third kappa shape index (κ3) is 2.84. The third-order valence-corrected chi connectivity index (χ3v) is 2.64. The summed E-state index contributed by atoms with van der Waals surface area (Å²) in [5.74, 6) is 1.15. The maximum Gasteiger partial charge on any atom is 0.243 e. The Balaban J connectivity index is 2.23. The van der Waals surface area contributed by atoms with Gasteiger partial charge in [-0.1, -0.05) is 35.8 Å². The molecule has 0 aliphatic carbocycles. The van der Waals surface area contributed by atoms with Crippen molar-refractivity contribution >= 4 is 11.6 Å². The predicted octanol–water partition coefficient (Wildman–Crippen LogP) is 3.06. The quantitative estimate of drug-likeness (QED) is 0.907. The smallest absolute Gasteiger partial charge is 0.243 e. The van der Waals surface area contributed by atoms with Crippen molar-refractivity contribution in [1.82, 2.24) is 15.5 Å². The molecule has 1 aromatic heterocycles. The molecule has 2 rings (SSSR count). The number of hydrogen-bond acceptors (Lipinski definition) is 4. The molecule has 17 heavy (non-hydrogen) atoms. The molecular formula is C12H14ClN3O. The molecule has 1 atom stereocenters. The number of benzene rings is 1. The summed E-state index contributed by atoms with van der Waals surface area (Å²) >= 11 is 5.92. The van der Waals surface area contributed by atoms with E-state index in [9.17, 15) is 0 Å². The van der Waals surface area contributed by atoms with Gasteiger partial charge >= 0.3 is 0 Å². The number of hydrogen-bond donors (Lipinski definition) is 1. The van der Waals surface area contributed by atoms with E-state index in [4.69, 9.17) is 16.1 Å². The summed E-state index contributed by atoms with van der Waals surface area (Å²) < 4.78 is 5.21. The van der Waals surface area contributed by atoms with Crippen molar-refractivity contribution in [1.29, 1.82) is 0 Å². The standard InChI is InChI=1S/C12H14ClN3O/c1-3-14-8(2)12-15-11(16-17-12)9-5-4-6-10(13)7-9/h4-8,14H,3H2,1-2H3. The van der Waals surface area contributed by atoms with Crippen LogP contribution in [0.1, 0.15) is 25.8 Å². The van der Waals surface area contributed by atoms with E-state index in [-0.39, 0.29) is 6.04 Å². The fraction of sp³-hybridized carbons (Fsp3) is 0.333. The summed E-state index contributed by atoms with van der Waals surface area (Å²) in [5, 5.41) is 7.82. The maximum absolute atomic E-state index is 5.92. The van der Waals surface area contributed by atoms with Crippen LogP contribution in [0.5, 0.6) is 0 Å². The fourth-order valence-electron chi connectivity index (χ4n) is 1.55. The molecule has 1 N–H and O–H groups in total. The highest BCUT2D eigenvalue weighted by molar-refractivity contribution is 6.30. The minimum Gasteiger partial charge on any atom is -0.337 e.